The molecule has 0 bridgehead atoms. The number of benzene rings is 1. The van der Waals surface area contributed by atoms with Gasteiger partial charge in [-0.2, -0.15) is 0 Å². The normalized spacial score (nSPS) is 14.2. The Morgan fingerprint density at radius 3 is 2.43 bits per heavy atom. The third kappa shape index (κ3) is 5.09. The first-order valence-corrected chi connectivity index (χ1v) is 7.91. The lowest BCUT2D eigenvalue weighted by atomic mass is 10.1. The predicted octanol–water partition coefficient (Wildman–Crippen LogP) is 0.997. The van der Waals surface area contributed by atoms with Crippen LogP contribution in [0, 0.1) is 0 Å². The minimum absolute atomic E-state index is 0.0165. The van der Waals surface area contributed by atoms with Gasteiger partial charge in [-0.15, -0.1) is 0 Å². The lowest BCUT2D eigenvalue weighted by Gasteiger charge is -2.15. The van der Waals surface area contributed by atoms with E-state index in [9.17, 15) is 14.4 Å². The number of nitrogens with one attached hydrogen (secondary N) is 2. The molecule has 124 valence electrons. The molecule has 1 saturated heterocycles. The highest BCUT2D eigenvalue weighted by Crippen LogP contribution is 2.21. The van der Waals surface area contributed by atoms with Gasteiger partial charge in [0.2, 0.25) is 17.7 Å². The minimum atomic E-state index is -0.200. The maximum absolute atomic E-state index is 11.8. The van der Waals surface area contributed by atoms with Gasteiger partial charge in [0.25, 0.3) is 0 Å². The second kappa shape index (κ2) is 7.76. The molecule has 1 heterocycles. The van der Waals surface area contributed by atoms with E-state index in [0.717, 1.165) is 24.2 Å². The average Bonchev–Trinajstić information content (AvgIpc) is 2.91. The van der Waals surface area contributed by atoms with Crippen LogP contribution in [0.1, 0.15) is 32.3 Å². The van der Waals surface area contributed by atoms with Crippen LogP contribution in [0.2, 0.25) is 0 Å². The summed E-state index contributed by atoms with van der Waals surface area (Å²) in [6, 6.07) is 7.46. The molecule has 1 aromatic rings. The van der Waals surface area contributed by atoms with Crippen LogP contribution in [-0.4, -0.2) is 36.9 Å². The second-order valence-corrected chi connectivity index (χ2v) is 5.99. The highest BCUT2D eigenvalue weighted by molar-refractivity contribution is 5.95. The highest BCUT2D eigenvalue weighted by Gasteiger charge is 2.21. The highest BCUT2D eigenvalue weighted by atomic mass is 16.2. The molecule has 1 aliphatic heterocycles. The Balaban J connectivity index is 1.82. The summed E-state index contributed by atoms with van der Waals surface area (Å²) < 4.78 is 0. The van der Waals surface area contributed by atoms with Crippen molar-refractivity contribution in [1.29, 1.82) is 0 Å². The summed E-state index contributed by atoms with van der Waals surface area (Å²) in [6.45, 7) is 4.47. The standard InChI is InChI=1S/C17H23N3O3/c1-12(2)19-16(22)11-18-15(21)10-13-5-7-14(8-6-13)20-9-3-4-17(20)23/h5-8,12H,3-4,9-11H2,1-2H3,(H,18,21)(H,19,22). The fourth-order valence-corrected chi connectivity index (χ4v) is 2.51. The Kier molecular flexibility index (Phi) is 5.73. The molecule has 2 rings (SSSR count). The summed E-state index contributed by atoms with van der Waals surface area (Å²) >= 11 is 0. The number of amides is 3. The number of nitrogens with zero attached hydrogens (tertiary/aromatic N) is 1. The van der Waals surface area contributed by atoms with Crippen LogP contribution in [0.15, 0.2) is 24.3 Å². The molecular formula is C17H23N3O3. The van der Waals surface area contributed by atoms with Crippen molar-refractivity contribution in [3.05, 3.63) is 29.8 Å². The molecule has 0 unspecified atom stereocenters. The van der Waals surface area contributed by atoms with E-state index in [-0.39, 0.29) is 36.7 Å². The van der Waals surface area contributed by atoms with Crippen LogP contribution in [0.3, 0.4) is 0 Å². The SMILES string of the molecule is CC(C)NC(=O)CNC(=O)Cc1ccc(N2CCCC2=O)cc1. The average molecular weight is 317 g/mol. The first kappa shape index (κ1) is 17.0. The van der Waals surface area contributed by atoms with Crippen molar-refractivity contribution in [1.82, 2.24) is 10.6 Å². The van der Waals surface area contributed by atoms with E-state index < -0.39 is 0 Å². The zero-order chi connectivity index (χ0) is 16.8. The van der Waals surface area contributed by atoms with E-state index in [2.05, 4.69) is 10.6 Å². The van der Waals surface area contributed by atoms with Gasteiger partial charge >= 0.3 is 0 Å². The zero-order valence-corrected chi connectivity index (χ0v) is 13.6. The van der Waals surface area contributed by atoms with Gasteiger partial charge in [-0.25, -0.2) is 0 Å². The number of carbonyl (C=O) groups is 3. The van der Waals surface area contributed by atoms with Crippen LogP contribution in [0.25, 0.3) is 0 Å². The van der Waals surface area contributed by atoms with Gasteiger partial charge in [0.05, 0.1) is 13.0 Å². The van der Waals surface area contributed by atoms with Crippen molar-refractivity contribution in [2.45, 2.75) is 39.2 Å². The summed E-state index contributed by atoms with van der Waals surface area (Å²) in [5.74, 6) is -0.253. The zero-order valence-electron chi connectivity index (χ0n) is 13.6. The molecule has 23 heavy (non-hydrogen) atoms. The van der Waals surface area contributed by atoms with E-state index in [0.29, 0.717) is 6.42 Å². The molecule has 0 aliphatic carbocycles. The molecule has 0 saturated carbocycles. The van der Waals surface area contributed by atoms with Crippen molar-refractivity contribution in [3.63, 3.8) is 0 Å². The van der Waals surface area contributed by atoms with Gasteiger partial charge in [-0.1, -0.05) is 12.1 Å². The fourth-order valence-electron chi connectivity index (χ4n) is 2.51. The van der Waals surface area contributed by atoms with E-state index in [1.54, 1.807) is 4.90 Å². The van der Waals surface area contributed by atoms with Crippen molar-refractivity contribution < 1.29 is 14.4 Å². The van der Waals surface area contributed by atoms with E-state index in [1.165, 1.54) is 0 Å². The maximum atomic E-state index is 11.8. The van der Waals surface area contributed by atoms with Gasteiger partial charge in [0.1, 0.15) is 0 Å². The summed E-state index contributed by atoms with van der Waals surface area (Å²) in [7, 11) is 0. The molecule has 0 aromatic heterocycles. The first-order valence-electron chi connectivity index (χ1n) is 7.91. The topological polar surface area (TPSA) is 78.5 Å². The van der Waals surface area contributed by atoms with Crippen LogP contribution < -0.4 is 15.5 Å². The van der Waals surface area contributed by atoms with Crippen LogP contribution in [0.5, 0.6) is 0 Å². The molecule has 1 aliphatic rings. The summed E-state index contributed by atoms with van der Waals surface area (Å²) in [5, 5.41) is 5.31. The minimum Gasteiger partial charge on any atom is -0.352 e. The third-order valence-electron chi connectivity index (χ3n) is 3.58. The third-order valence-corrected chi connectivity index (χ3v) is 3.58. The van der Waals surface area contributed by atoms with Crippen LogP contribution in [-0.2, 0) is 20.8 Å². The molecule has 6 heteroatoms. The van der Waals surface area contributed by atoms with E-state index in [4.69, 9.17) is 0 Å². The van der Waals surface area contributed by atoms with Crippen LogP contribution >= 0.6 is 0 Å². The predicted molar refractivity (Wildman–Crippen MR) is 88.0 cm³/mol. The van der Waals surface area contributed by atoms with Crippen molar-refractivity contribution in [2.24, 2.45) is 0 Å². The Labute approximate surface area is 136 Å². The quantitative estimate of drug-likeness (QED) is 0.821. The lowest BCUT2D eigenvalue weighted by molar-refractivity contribution is -0.126. The summed E-state index contributed by atoms with van der Waals surface area (Å²) in [4.78, 5) is 36.8. The molecule has 1 fully saturated rings. The van der Waals surface area contributed by atoms with Gasteiger partial charge in [-0.05, 0) is 38.0 Å². The smallest absolute Gasteiger partial charge is 0.239 e. The van der Waals surface area contributed by atoms with Crippen molar-refractivity contribution >= 4 is 23.4 Å². The number of anilines is 1. The number of hydrogen-bond donors (Lipinski definition) is 2. The summed E-state index contributed by atoms with van der Waals surface area (Å²) in [6.07, 6.45) is 1.70. The largest absolute Gasteiger partial charge is 0.352 e. The first-order chi connectivity index (χ1) is 11.0. The molecule has 2 N–H and O–H groups in total. The van der Waals surface area contributed by atoms with Gasteiger partial charge in [0.15, 0.2) is 0 Å². The maximum Gasteiger partial charge on any atom is 0.239 e. The van der Waals surface area contributed by atoms with Crippen molar-refractivity contribution in [2.75, 3.05) is 18.0 Å². The second-order valence-electron chi connectivity index (χ2n) is 5.99. The molecule has 0 atom stereocenters. The monoisotopic (exact) mass is 317 g/mol. The molecule has 6 nitrogen and oxygen atoms in total. The molecular weight excluding hydrogens is 294 g/mol. The fraction of sp³-hybridized carbons (Fsp3) is 0.471. The number of carbonyl (C=O) groups excluding carboxylic acids is 3. The van der Waals surface area contributed by atoms with E-state index >= 15 is 0 Å². The van der Waals surface area contributed by atoms with E-state index in [1.807, 2.05) is 38.1 Å². The van der Waals surface area contributed by atoms with Crippen LogP contribution in [0.4, 0.5) is 5.69 Å². The lowest BCUT2D eigenvalue weighted by Crippen LogP contribution is -2.40. The Morgan fingerprint density at radius 1 is 1.17 bits per heavy atom. The van der Waals surface area contributed by atoms with Gasteiger partial charge in [0, 0.05) is 24.7 Å². The Hall–Kier alpha value is -2.37. The Bertz CT molecular complexity index is 581. The number of rotatable bonds is 6. The molecule has 3 amide bonds. The molecule has 0 radical (unpaired) electrons. The molecule has 0 spiro atoms. The van der Waals surface area contributed by atoms with Gasteiger partial charge in [-0.3, -0.25) is 14.4 Å². The number of hydrogen-bond acceptors (Lipinski definition) is 3. The van der Waals surface area contributed by atoms with Crippen molar-refractivity contribution in [3.8, 4) is 0 Å². The molecule has 1 aromatic carbocycles. The van der Waals surface area contributed by atoms with Gasteiger partial charge < -0.3 is 15.5 Å². The Morgan fingerprint density at radius 2 is 1.87 bits per heavy atom. The summed E-state index contributed by atoms with van der Waals surface area (Å²) in [5.41, 5.74) is 1.72.